The molecule has 0 saturated carbocycles. The lowest BCUT2D eigenvalue weighted by Crippen LogP contribution is -2.47. The van der Waals surface area contributed by atoms with Crippen LogP contribution in [0.4, 0.5) is 0 Å². The minimum absolute atomic E-state index is 0.548. The first-order valence-electron chi connectivity index (χ1n) is 7.61. The van der Waals surface area contributed by atoms with Gasteiger partial charge >= 0.3 is 0 Å². The summed E-state index contributed by atoms with van der Waals surface area (Å²) in [5.74, 6) is 0. The van der Waals surface area contributed by atoms with E-state index in [0.29, 0.717) is 13.1 Å². The minimum Gasteiger partial charge on any atom is -0.296 e. The Hall–Kier alpha value is -1.47. The van der Waals surface area contributed by atoms with Crippen molar-refractivity contribution in [1.29, 1.82) is 0 Å². The van der Waals surface area contributed by atoms with Crippen LogP contribution in [0.1, 0.15) is 10.4 Å². The summed E-state index contributed by atoms with van der Waals surface area (Å²) in [7, 11) is -3.34. The molecule has 1 fully saturated rings. The van der Waals surface area contributed by atoms with E-state index in [1.807, 2.05) is 30.3 Å². The number of rotatable bonds is 5. The summed E-state index contributed by atoms with van der Waals surface area (Å²) in [6, 6.07) is 13.7. The molecular weight excluding hydrogens is 328 g/mol. The van der Waals surface area contributed by atoms with Crippen LogP contribution in [0.15, 0.2) is 53.3 Å². The maximum Gasteiger partial charge on any atom is 0.236 e. The van der Waals surface area contributed by atoms with Crippen LogP contribution < -0.4 is 0 Å². The Labute approximate surface area is 141 Å². The molecular formula is C17H20N2O2S2. The van der Waals surface area contributed by atoms with E-state index in [4.69, 9.17) is 0 Å². The third-order valence-electron chi connectivity index (χ3n) is 3.88. The van der Waals surface area contributed by atoms with Crippen molar-refractivity contribution in [1.82, 2.24) is 9.21 Å². The Morgan fingerprint density at radius 3 is 2.39 bits per heavy atom. The molecule has 0 N–H and O–H groups in total. The van der Waals surface area contributed by atoms with Gasteiger partial charge in [-0.15, -0.1) is 11.3 Å². The van der Waals surface area contributed by atoms with Crippen molar-refractivity contribution in [2.24, 2.45) is 0 Å². The average Bonchev–Trinajstić information content (AvgIpc) is 3.08. The van der Waals surface area contributed by atoms with Crippen LogP contribution in [0.5, 0.6) is 0 Å². The molecule has 6 heteroatoms. The third-order valence-corrected chi connectivity index (χ3v) is 6.31. The Balaban J connectivity index is 1.57. The van der Waals surface area contributed by atoms with E-state index in [-0.39, 0.29) is 0 Å². The molecule has 0 radical (unpaired) electrons. The first-order chi connectivity index (χ1) is 11.1. The highest BCUT2D eigenvalue weighted by Gasteiger charge is 2.24. The molecule has 2 heterocycles. The largest absolute Gasteiger partial charge is 0.296 e. The zero-order chi connectivity index (χ0) is 16.1. The maximum atomic E-state index is 12.4. The lowest BCUT2D eigenvalue weighted by molar-refractivity contribution is 0.184. The highest BCUT2D eigenvalue weighted by molar-refractivity contribution is 7.92. The monoisotopic (exact) mass is 348 g/mol. The number of sulfonamides is 1. The Morgan fingerprint density at radius 1 is 1.00 bits per heavy atom. The Kier molecular flexibility index (Phi) is 5.27. The predicted octanol–water partition coefficient (Wildman–Crippen LogP) is 2.87. The van der Waals surface area contributed by atoms with Crippen LogP contribution >= 0.6 is 11.3 Å². The maximum absolute atomic E-state index is 12.4. The molecule has 1 saturated heterocycles. The molecule has 0 atom stereocenters. The van der Waals surface area contributed by atoms with Gasteiger partial charge < -0.3 is 0 Å². The van der Waals surface area contributed by atoms with Crippen molar-refractivity contribution < 1.29 is 8.42 Å². The summed E-state index contributed by atoms with van der Waals surface area (Å²) in [5, 5.41) is 3.39. The summed E-state index contributed by atoms with van der Waals surface area (Å²) in [5.41, 5.74) is 0.896. The number of hydrogen-bond acceptors (Lipinski definition) is 4. The van der Waals surface area contributed by atoms with Crippen molar-refractivity contribution in [3.8, 4) is 0 Å². The van der Waals surface area contributed by atoms with Gasteiger partial charge in [-0.25, -0.2) is 8.42 Å². The summed E-state index contributed by atoms with van der Waals surface area (Å²) in [6.45, 7) is 3.55. The van der Waals surface area contributed by atoms with E-state index in [0.717, 1.165) is 25.2 Å². The highest BCUT2D eigenvalue weighted by atomic mass is 32.2. The van der Waals surface area contributed by atoms with E-state index in [9.17, 15) is 8.42 Å². The van der Waals surface area contributed by atoms with Gasteiger partial charge in [-0.2, -0.15) is 4.31 Å². The lowest BCUT2D eigenvalue weighted by Gasteiger charge is -2.33. The van der Waals surface area contributed by atoms with Crippen LogP contribution in [0.25, 0.3) is 6.08 Å². The molecule has 1 aromatic carbocycles. The van der Waals surface area contributed by atoms with Crippen LogP contribution in [0, 0.1) is 0 Å². The molecule has 3 rings (SSSR count). The Morgan fingerprint density at radius 2 is 1.74 bits per heavy atom. The van der Waals surface area contributed by atoms with Gasteiger partial charge in [0.25, 0.3) is 0 Å². The Bertz CT molecular complexity index is 732. The number of piperazine rings is 1. The van der Waals surface area contributed by atoms with E-state index in [1.54, 1.807) is 21.7 Å². The molecule has 122 valence electrons. The SMILES string of the molecule is O=S(=O)(/C=C/c1ccccc1)N1CCN(Cc2cccs2)CC1. The van der Waals surface area contributed by atoms with Crippen LogP contribution in [-0.4, -0.2) is 43.8 Å². The second-order valence-electron chi connectivity index (χ2n) is 5.51. The highest BCUT2D eigenvalue weighted by Crippen LogP contribution is 2.16. The molecule has 0 spiro atoms. The van der Waals surface area contributed by atoms with Gasteiger partial charge in [-0.3, -0.25) is 4.90 Å². The van der Waals surface area contributed by atoms with Gasteiger partial charge in [0.05, 0.1) is 0 Å². The topological polar surface area (TPSA) is 40.6 Å². The van der Waals surface area contributed by atoms with Gasteiger partial charge in [0.15, 0.2) is 0 Å². The van der Waals surface area contributed by atoms with Crippen molar-refractivity contribution in [3.63, 3.8) is 0 Å². The molecule has 0 amide bonds. The molecule has 4 nitrogen and oxygen atoms in total. The fourth-order valence-corrected chi connectivity index (χ4v) is 4.50. The van der Waals surface area contributed by atoms with Crippen molar-refractivity contribution in [2.75, 3.05) is 26.2 Å². The number of thiophene rings is 1. The molecule has 0 unspecified atom stereocenters. The quantitative estimate of drug-likeness (QED) is 0.834. The van der Waals surface area contributed by atoms with Gasteiger partial charge in [-0.1, -0.05) is 36.4 Å². The van der Waals surface area contributed by atoms with Crippen molar-refractivity contribution in [3.05, 3.63) is 63.7 Å². The second-order valence-corrected chi connectivity index (χ2v) is 8.36. The first-order valence-corrected chi connectivity index (χ1v) is 10.00. The smallest absolute Gasteiger partial charge is 0.236 e. The average molecular weight is 348 g/mol. The molecule has 1 aromatic heterocycles. The molecule has 1 aliphatic rings. The lowest BCUT2D eigenvalue weighted by atomic mass is 10.2. The zero-order valence-electron chi connectivity index (χ0n) is 12.8. The van der Waals surface area contributed by atoms with E-state index >= 15 is 0 Å². The van der Waals surface area contributed by atoms with E-state index < -0.39 is 10.0 Å². The fourth-order valence-electron chi connectivity index (χ4n) is 2.58. The normalized spacial score (nSPS) is 17.7. The molecule has 0 aliphatic carbocycles. The van der Waals surface area contributed by atoms with Crippen LogP contribution in [0.2, 0.25) is 0 Å². The van der Waals surface area contributed by atoms with Gasteiger partial charge in [0, 0.05) is 43.0 Å². The number of benzene rings is 1. The zero-order valence-corrected chi connectivity index (χ0v) is 14.5. The predicted molar refractivity (Wildman–Crippen MR) is 95.6 cm³/mol. The molecule has 23 heavy (non-hydrogen) atoms. The summed E-state index contributed by atoms with van der Waals surface area (Å²) >= 11 is 1.74. The van der Waals surface area contributed by atoms with Gasteiger partial charge in [0.1, 0.15) is 0 Å². The van der Waals surface area contributed by atoms with Crippen LogP contribution in [0.3, 0.4) is 0 Å². The summed E-state index contributed by atoms with van der Waals surface area (Å²) < 4.78 is 26.4. The molecule has 0 bridgehead atoms. The summed E-state index contributed by atoms with van der Waals surface area (Å²) in [4.78, 5) is 3.63. The fraction of sp³-hybridized carbons (Fsp3) is 0.294. The van der Waals surface area contributed by atoms with Crippen molar-refractivity contribution in [2.45, 2.75) is 6.54 Å². The number of nitrogens with zero attached hydrogens (tertiary/aromatic N) is 2. The summed E-state index contributed by atoms with van der Waals surface area (Å²) in [6.07, 6.45) is 1.66. The van der Waals surface area contributed by atoms with Crippen LogP contribution in [-0.2, 0) is 16.6 Å². The third kappa shape index (κ3) is 4.51. The van der Waals surface area contributed by atoms with E-state index in [2.05, 4.69) is 22.4 Å². The van der Waals surface area contributed by atoms with E-state index in [1.165, 1.54) is 10.3 Å². The van der Waals surface area contributed by atoms with Crippen molar-refractivity contribution >= 4 is 27.4 Å². The van der Waals surface area contributed by atoms with Gasteiger partial charge in [0.2, 0.25) is 10.0 Å². The standard InChI is InChI=1S/C17H20N2O2S2/c20-23(21,14-8-16-5-2-1-3-6-16)19-11-9-18(10-12-19)15-17-7-4-13-22-17/h1-8,13-14H,9-12,15H2/b14-8+. The first kappa shape index (κ1) is 16.4. The molecule has 1 aliphatic heterocycles. The number of hydrogen-bond donors (Lipinski definition) is 0. The molecule has 2 aromatic rings. The second kappa shape index (κ2) is 7.40. The minimum atomic E-state index is -3.34. The van der Waals surface area contributed by atoms with Gasteiger partial charge in [-0.05, 0) is 23.1 Å².